The van der Waals surface area contributed by atoms with Crippen molar-refractivity contribution in [3.05, 3.63) is 0 Å². The molecule has 0 aromatic heterocycles. The molecule has 73 heavy (non-hydrogen) atoms. The van der Waals surface area contributed by atoms with Gasteiger partial charge >= 0.3 is 0 Å². The monoisotopic (exact) mass is 1050 g/mol. The Hall–Kier alpha value is 0. The summed E-state index contributed by atoms with van der Waals surface area (Å²) < 4.78 is 0. The van der Waals surface area contributed by atoms with Gasteiger partial charge in [-0.05, 0) is 64.1 Å². The molecule has 0 unspecified atom stereocenters. The summed E-state index contributed by atoms with van der Waals surface area (Å²) in [6.45, 7) is 90.9. The van der Waals surface area contributed by atoms with Crippen LogP contribution in [0.15, 0.2) is 0 Å². The minimum atomic E-state index is 0.500. The van der Waals surface area contributed by atoms with E-state index in [1.165, 1.54) is 135 Å². The van der Waals surface area contributed by atoms with E-state index in [9.17, 15) is 0 Å². The quantitative estimate of drug-likeness (QED) is 0.127. The van der Waals surface area contributed by atoms with Crippen LogP contribution in [-0.2, 0) is 0 Å². The van der Waals surface area contributed by atoms with Crippen LogP contribution in [0.2, 0.25) is 0 Å². The van der Waals surface area contributed by atoms with Gasteiger partial charge in [0, 0.05) is 0 Å². The van der Waals surface area contributed by atoms with Crippen LogP contribution in [0, 0.1) is 64.1 Å². The highest BCUT2D eigenvalue weighted by Crippen LogP contribution is 2.16. The van der Waals surface area contributed by atoms with Gasteiger partial charge in [0.1, 0.15) is 0 Å². The van der Waals surface area contributed by atoms with Gasteiger partial charge in [-0.25, -0.2) is 0 Å². The van der Waals surface area contributed by atoms with E-state index in [0.29, 0.717) is 10.8 Å². The molecule has 0 amide bonds. The van der Waals surface area contributed by atoms with Crippen LogP contribution in [0.5, 0.6) is 0 Å². The van der Waals surface area contributed by atoms with Crippen molar-refractivity contribution < 1.29 is 0 Å². The Morgan fingerprint density at radius 3 is 0.438 bits per heavy atom. The largest absolute Gasteiger partial charge is 0.0656 e. The highest BCUT2D eigenvalue weighted by molar-refractivity contribution is 4.55. The lowest BCUT2D eigenvalue weighted by atomic mass is 9.94. The SMILES string of the molecule is CC(C)(C)C.CC(C)C.CC(C)C(C)C.CCC.CCC(C)(C)C.CCC(C)C.CCC(C)C.CCC(C)CC.CCC(C)CC.CCCC.CCCC(C)C.CCCC(C)C.CCCCC.CCCCCC. The van der Waals surface area contributed by atoms with Gasteiger partial charge in [0.05, 0.1) is 0 Å². The molecular formula is C73H174. The average Bonchev–Trinajstić information content (AvgIpc) is 3.29. The zero-order valence-corrected chi connectivity index (χ0v) is 62.0. The fraction of sp³-hybridized carbons (Fsp3) is 1.00. The van der Waals surface area contributed by atoms with Gasteiger partial charge in [-0.15, -0.1) is 0 Å². The number of hydrogen-bond acceptors (Lipinski definition) is 0. The molecule has 0 nitrogen and oxygen atoms in total. The van der Waals surface area contributed by atoms with Crippen molar-refractivity contribution in [3.8, 4) is 0 Å². The normalized spacial score (nSPS) is 9.78. The molecule has 0 radical (unpaired) electrons. The van der Waals surface area contributed by atoms with Crippen LogP contribution in [0.1, 0.15) is 419 Å². The standard InChI is InChI=1S/7C6H14.4C5H12.2C4H10.C3H8/c1-5-6(2,3)4;1-5(2)6(3)4;2*1-4-5-6(2)3;2*1-4-6(3)5-2;1-3-5-6-4-2;1-5(2,3)4;2*1-4-5(2)3;1-3-5-4-2;1-4(2)3;1-3-4-2;1-3-2/h5H2,1-4H3;5-6H,1-4H3;4*6H,4-5H2,1-3H3;3-6H2,1-2H3;1-4H3;2*5H,4H2,1-3H3;3-5H2,1-2H3;4H,1-3H3;3-4H2,1-2H3;3H2,1-2H3. The minimum absolute atomic E-state index is 0.500. The van der Waals surface area contributed by atoms with E-state index in [2.05, 4.69) is 284 Å². The van der Waals surface area contributed by atoms with Crippen molar-refractivity contribution in [2.45, 2.75) is 419 Å². The second-order valence-electron chi connectivity index (χ2n) is 26.7. The average molecular weight is 1050 g/mol. The molecule has 466 valence electrons. The highest BCUT2D eigenvalue weighted by atomic mass is 14.1. The molecule has 0 spiro atoms. The van der Waals surface area contributed by atoms with E-state index in [0.717, 1.165) is 53.3 Å². The van der Waals surface area contributed by atoms with Crippen LogP contribution < -0.4 is 0 Å². The Morgan fingerprint density at radius 2 is 0.425 bits per heavy atom. The summed E-state index contributed by atoms with van der Waals surface area (Å²) in [6.07, 6.45) is 28.1. The van der Waals surface area contributed by atoms with Crippen molar-refractivity contribution in [2.75, 3.05) is 0 Å². The zero-order chi connectivity index (χ0) is 62.0. The number of hydrogen-bond donors (Lipinski definition) is 0. The number of unbranched alkanes of at least 4 members (excludes halogenated alkanes) is 6. The molecule has 0 aliphatic heterocycles. The summed E-state index contributed by atoms with van der Waals surface area (Å²) in [5.74, 6) is 7.97. The van der Waals surface area contributed by atoms with Crippen LogP contribution in [0.3, 0.4) is 0 Å². The van der Waals surface area contributed by atoms with Gasteiger partial charge in [-0.3, -0.25) is 0 Å². The van der Waals surface area contributed by atoms with E-state index < -0.39 is 0 Å². The molecule has 0 aliphatic rings. The first-order valence-electron chi connectivity index (χ1n) is 33.3. The predicted octanol–water partition coefficient (Wildman–Crippen LogP) is 30.3. The first-order valence-corrected chi connectivity index (χ1v) is 33.3. The maximum atomic E-state index is 2.28. The lowest BCUT2D eigenvalue weighted by Gasteiger charge is -2.12. The van der Waals surface area contributed by atoms with Crippen molar-refractivity contribution >= 4 is 0 Å². The van der Waals surface area contributed by atoms with Crippen LogP contribution in [0.4, 0.5) is 0 Å². The summed E-state index contributed by atoms with van der Waals surface area (Å²) in [5, 5.41) is 0. The van der Waals surface area contributed by atoms with Crippen molar-refractivity contribution in [3.63, 3.8) is 0 Å². The van der Waals surface area contributed by atoms with Crippen LogP contribution >= 0.6 is 0 Å². The van der Waals surface area contributed by atoms with E-state index >= 15 is 0 Å². The molecule has 0 bridgehead atoms. The molecule has 0 N–H and O–H groups in total. The maximum Gasteiger partial charge on any atom is -0.0385 e. The smallest absolute Gasteiger partial charge is 0.0385 e. The minimum Gasteiger partial charge on any atom is -0.0656 e. The molecule has 0 rings (SSSR count). The Balaban J connectivity index is -0.0000000429. The molecule has 0 aromatic rings. The van der Waals surface area contributed by atoms with Crippen molar-refractivity contribution in [1.82, 2.24) is 0 Å². The summed E-state index contributed by atoms with van der Waals surface area (Å²) in [4.78, 5) is 0. The summed E-state index contributed by atoms with van der Waals surface area (Å²) in [6, 6.07) is 0. The lowest BCUT2D eigenvalue weighted by molar-refractivity contribution is 0.398. The van der Waals surface area contributed by atoms with Gasteiger partial charge in [-0.2, -0.15) is 0 Å². The molecule has 0 fully saturated rings. The fourth-order valence-corrected chi connectivity index (χ4v) is 2.59. The van der Waals surface area contributed by atoms with Crippen molar-refractivity contribution in [2.24, 2.45) is 64.1 Å². The fourth-order valence-electron chi connectivity index (χ4n) is 2.59. The Kier molecular flexibility index (Phi) is 150. The molecule has 0 saturated carbocycles. The molecule has 0 aromatic carbocycles. The molecule has 0 saturated heterocycles. The second-order valence-corrected chi connectivity index (χ2v) is 26.7. The first kappa shape index (κ1) is 109. The van der Waals surface area contributed by atoms with E-state index in [1.54, 1.807) is 0 Å². The van der Waals surface area contributed by atoms with E-state index in [4.69, 9.17) is 0 Å². The van der Waals surface area contributed by atoms with Gasteiger partial charge in [0.2, 0.25) is 0 Å². The summed E-state index contributed by atoms with van der Waals surface area (Å²) in [5.41, 5.74) is 1.04. The zero-order valence-electron chi connectivity index (χ0n) is 62.0. The third-order valence-corrected chi connectivity index (χ3v) is 10.7. The molecule has 0 heteroatoms. The van der Waals surface area contributed by atoms with Gasteiger partial charge in [-0.1, -0.05) is 419 Å². The van der Waals surface area contributed by atoms with Gasteiger partial charge in [0.25, 0.3) is 0 Å². The van der Waals surface area contributed by atoms with Crippen LogP contribution in [0.25, 0.3) is 0 Å². The van der Waals surface area contributed by atoms with Gasteiger partial charge in [0.15, 0.2) is 0 Å². The molecular weight excluding hydrogens is 877 g/mol. The number of rotatable bonds is 17. The maximum absolute atomic E-state index is 2.28. The molecule has 0 aliphatic carbocycles. The Bertz CT molecular complexity index is 617. The van der Waals surface area contributed by atoms with E-state index in [-0.39, 0.29) is 0 Å². The third-order valence-electron chi connectivity index (χ3n) is 10.7. The second kappa shape index (κ2) is 101. The predicted molar refractivity (Wildman–Crippen MR) is 366 cm³/mol. The lowest BCUT2D eigenvalue weighted by Crippen LogP contribution is -2.00. The Morgan fingerprint density at radius 1 is 0.260 bits per heavy atom. The topological polar surface area (TPSA) is 0 Å². The third kappa shape index (κ3) is 367. The Labute approximate surface area is 480 Å². The first-order chi connectivity index (χ1) is 33.3. The van der Waals surface area contributed by atoms with E-state index in [1.807, 2.05) is 0 Å². The highest BCUT2D eigenvalue weighted by Gasteiger charge is 2.03. The summed E-state index contributed by atoms with van der Waals surface area (Å²) >= 11 is 0. The molecule has 0 heterocycles. The molecule has 0 atom stereocenters. The summed E-state index contributed by atoms with van der Waals surface area (Å²) in [7, 11) is 0. The van der Waals surface area contributed by atoms with Crippen LogP contribution in [-0.4, -0.2) is 0 Å². The van der Waals surface area contributed by atoms with Crippen molar-refractivity contribution in [1.29, 1.82) is 0 Å². The van der Waals surface area contributed by atoms with Gasteiger partial charge < -0.3 is 0 Å².